The molecule has 2 aromatic heterocycles. The number of nitrogens with one attached hydrogen (secondary N) is 2. The van der Waals surface area contributed by atoms with Crippen LogP contribution in [0.2, 0.25) is 0 Å². The maximum atomic E-state index is 6.41. The van der Waals surface area contributed by atoms with Crippen LogP contribution in [0.3, 0.4) is 0 Å². The predicted octanol–water partition coefficient (Wildman–Crippen LogP) is 5.73. The van der Waals surface area contributed by atoms with Crippen molar-refractivity contribution in [2.75, 3.05) is 0 Å². The average molecular weight is 453 g/mol. The van der Waals surface area contributed by atoms with Gasteiger partial charge in [0, 0.05) is 0 Å². The van der Waals surface area contributed by atoms with E-state index in [1.54, 1.807) is 0 Å². The van der Waals surface area contributed by atoms with Gasteiger partial charge in [-0.2, -0.15) is 0 Å². The number of rotatable bonds is 7. The van der Waals surface area contributed by atoms with Crippen LogP contribution in [0, 0.1) is 10.8 Å². The smallest absolute Gasteiger partial charge is 0.124 e. The molecule has 2 atom stereocenters. The van der Waals surface area contributed by atoms with E-state index in [9.17, 15) is 0 Å². The summed E-state index contributed by atoms with van der Waals surface area (Å²) in [7, 11) is 0. The van der Waals surface area contributed by atoms with E-state index < -0.39 is 0 Å². The maximum Gasteiger partial charge on any atom is 0.124 e. The summed E-state index contributed by atoms with van der Waals surface area (Å²) in [5.41, 5.74) is 19.8. The maximum absolute atomic E-state index is 6.41. The fourth-order valence-corrected chi connectivity index (χ4v) is 4.64. The monoisotopic (exact) mass is 452 g/mol. The minimum atomic E-state index is -0.0301. The molecular formula is C28H32N6. The number of benzene rings is 2. The first kappa shape index (κ1) is 21.3. The van der Waals surface area contributed by atoms with Crippen LogP contribution >= 0.6 is 0 Å². The first-order valence-electron chi connectivity index (χ1n) is 12.2. The lowest BCUT2D eigenvalue weighted by molar-refractivity contribution is 0.434. The van der Waals surface area contributed by atoms with Gasteiger partial charge < -0.3 is 21.4 Å². The molecule has 6 nitrogen and oxygen atoms in total. The van der Waals surface area contributed by atoms with Crippen molar-refractivity contribution in [3.05, 3.63) is 72.6 Å². The number of hydrogen-bond acceptors (Lipinski definition) is 4. The van der Waals surface area contributed by atoms with Crippen molar-refractivity contribution < 1.29 is 0 Å². The molecule has 174 valence electrons. The van der Waals surface area contributed by atoms with Gasteiger partial charge in [-0.3, -0.25) is 0 Å². The average Bonchev–Trinajstić information content (AvgIpc) is 3.65. The number of imidazole rings is 2. The molecule has 2 saturated carbocycles. The molecule has 0 radical (unpaired) electrons. The molecule has 2 aliphatic rings. The van der Waals surface area contributed by atoms with Gasteiger partial charge in [-0.15, -0.1) is 0 Å². The molecule has 2 aliphatic carbocycles. The van der Waals surface area contributed by atoms with Crippen LogP contribution in [-0.4, -0.2) is 19.9 Å². The van der Waals surface area contributed by atoms with Crippen LogP contribution in [0.4, 0.5) is 0 Å². The molecule has 0 saturated heterocycles. The van der Waals surface area contributed by atoms with Crippen LogP contribution in [0.5, 0.6) is 0 Å². The fraction of sp³-hybridized carbons (Fsp3) is 0.357. The van der Waals surface area contributed by atoms with E-state index in [1.165, 1.54) is 36.8 Å². The molecule has 0 spiro atoms. The highest BCUT2D eigenvalue weighted by Gasteiger charge is 2.45. The van der Waals surface area contributed by atoms with E-state index in [2.05, 4.69) is 82.3 Å². The Morgan fingerprint density at radius 3 is 1.26 bits per heavy atom. The van der Waals surface area contributed by atoms with Crippen LogP contribution in [0.1, 0.15) is 63.3 Å². The van der Waals surface area contributed by atoms with Crippen molar-refractivity contribution in [3.8, 4) is 33.6 Å². The highest BCUT2D eigenvalue weighted by molar-refractivity contribution is 5.71. The second kappa shape index (κ2) is 7.65. The van der Waals surface area contributed by atoms with Gasteiger partial charge in [0.2, 0.25) is 0 Å². The fourth-order valence-electron chi connectivity index (χ4n) is 4.64. The molecule has 4 aromatic rings. The molecular weight excluding hydrogens is 420 g/mol. The van der Waals surface area contributed by atoms with Gasteiger partial charge in [0.15, 0.2) is 0 Å². The van der Waals surface area contributed by atoms with Gasteiger partial charge in [0.25, 0.3) is 0 Å². The van der Waals surface area contributed by atoms with E-state index in [4.69, 9.17) is 11.5 Å². The molecule has 2 aromatic carbocycles. The Kier molecular flexibility index (Phi) is 4.80. The lowest BCUT2D eigenvalue weighted by Crippen LogP contribution is -2.21. The Morgan fingerprint density at radius 1 is 0.618 bits per heavy atom. The van der Waals surface area contributed by atoms with Crippen LogP contribution in [0.15, 0.2) is 60.9 Å². The van der Waals surface area contributed by atoms with Gasteiger partial charge in [0.1, 0.15) is 11.6 Å². The summed E-state index contributed by atoms with van der Waals surface area (Å²) in [6.45, 7) is 4.46. The Morgan fingerprint density at radius 2 is 0.941 bits per heavy atom. The van der Waals surface area contributed by atoms with Gasteiger partial charge in [-0.05, 0) is 58.8 Å². The Hall–Kier alpha value is -3.22. The third kappa shape index (κ3) is 3.77. The third-order valence-electron chi connectivity index (χ3n) is 8.08. The quantitative estimate of drug-likeness (QED) is 0.287. The van der Waals surface area contributed by atoms with E-state index in [1.807, 2.05) is 12.4 Å². The van der Waals surface area contributed by atoms with Gasteiger partial charge in [0.05, 0.1) is 35.9 Å². The summed E-state index contributed by atoms with van der Waals surface area (Å²) >= 11 is 0. The number of aromatic amines is 2. The summed E-state index contributed by atoms with van der Waals surface area (Å²) in [6, 6.07) is 17.1. The minimum absolute atomic E-state index is 0.0301. The van der Waals surface area contributed by atoms with Gasteiger partial charge in [-0.1, -0.05) is 62.4 Å². The number of hydrogen-bond donors (Lipinski definition) is 4. The first-order valence-corrected chi connectivity index (χ1v) is 12.2. The number of H-pyrrole nitrogens is 2. The van der Waals surface area contributed by atoms with Crippen LogP contribution < -0.4 is 11.5 Å². The van der Waals surface area contributed by atoms with Gasteiger partial charge in [-0.25, -0.2) is 9.97 Å². The van der Waals surface area contributed by atoms with Gasteiger partial charge >= 0.3 is 0 Å². The molecule has 6 heteroatoms. The predicted molar refractivity (Wildman–Crippen MR) is 136 cm³/mol. The van der Waals surface area contributed by atoms with E-state index in [-0.39, 0.29) is 22.9 Å². The molecule has 0 bridgehead atoms. The topological polar surface area (TPSA) is 109 Å². The van der Waals surface area contributed by atoms with Crippen molar-refractivity contribution >= 4 is 0 Å². The zero-order chi connectivity index (χ0) is 23.5. The summed E-state index contributed by atoms with van der Waals surface area (Å²) in [4.78, 5) is 16.0. The molecule has 2 unspecified atom stereocenters. The molecule has 0 aliphatic heterocycles. The third-order valence-corrected chi connectivity index (χ3v) is 8.08. The van der Waals surface area contributed by atoms with E-state index in [0.29, 0.717) is 0 Å². The largest absolute Gasteiger partial charge is 0.341 e. The summed E-state index contributed by atoms with van der Waals surface area (Å²) in [6.07, 6.45) is 8.47. The summed E-state index contributed by atoms with van der Waals surface area (Å²) in [5.74, 6) is 1.76. The molecule has 34 heavy (non-hydrogen) atoms. The number of nitrogens with zero attached hydrogens (tertiary/aromatic N) is 2. The zero-order valence-electron chi connectivity index (χ0n) is 19.8. The van der Waals surface area contributed by atoms with Crippen molar-refractivity contribution in [2.45, 2.75) is 51.6 Å². The lowest BCUT2D eigenvalue weighted by Gasteiger charge is -2.15. The van der Waals surface area contributed by atoms with Crippen molar-refractivity contribution in [2.24, 2.45) is 22.3 Å². The Bertz CT molecular complexity index is 1200. The molecule has 6 rings (SSSR count). The van der Waals surface area contributed by atoms with Crippen molar-refractivity contribution in [1.82, 2.24) is 19.9 Å². The zero-order valence-corrected chi connectivity index (χ0v) is 19.8. The molecule has 0 amide bonds. The van der Waals surface area contributed by atoms with Crippen LogP contribution in [0.25, 0.3) is 33.6 Å². The Balaban J connectivity index is 1.17. The molecule has 2 heterocycles. The molecule has 2 fully saturated rings. The van der Waals surface area contributed by atoms with E-state index in [0.717, 1.165) is 34.2 Å². The SMILES string of the molecule is CC1(C(N)c2ncc(-c3ccc(-c4ccc(-c5cnc(C(N)C6(C)CC6)[nH]5)cc4)cc3)[nH]2)CC1. The van der Waals surface area contributed by atoms with E-state index >= 15 is 0 Å². The first-order chi connectivity index (χ1) is 16.3. The second-order valence-corrected chi connectivity index (χ2v) is 10.8. The molecule has 6 N–H and O–H groups in total. The van der Waals surface area contributed by atoms with Crippen LogP contribution in [-0.2, 0) is 0 Å². The standard InChI is InChI=1S/C28H32N6/c1-27(11-12-27)23(29)25-31-15-21(33-25)19-7-3-17(4-8-19)18-5-9-20(10-6-18)22-16-32-26(34-22)24(30)28(2)13-14-28/h3-10,15-16,23-24H,11-14,29-30H2,1-2H3,(H,31,33)(H,32,34). The highest BCUT2D eigenvalue weighted by Crippen LogP contribution is 2.53. The van der Waals surface area contributed by atoms with Crippen molar-refractivity contribution in [1.29, 1.82) is 0 Å². The number of aromatic nitrogens is 4. The number of nitrogens with two attached hydrogens (primary N) is 2. The van der Waals surface area contributed by atoms with Crippen molar-refractivity contribution in [3.63, 3.8) is 0 Å². The minimum Gasteiger partial charge on any atom is -0.341 e. The summed E-state index contributed by atoms with van der Waals surface area (Å²) < 4.78 is 0. The highest BCUT2D eigenvalue weighted by atomic mass is 15.0. The summed E-state index contributed by atoms with van der Waals surface area (Å²) in [5, 5.41) is 0. The second-order valence-electron chi connectivity index (χ2n) is 10.8. The normalized spacial score (nSPS) is 19.5. The Labute approximate surface area is 200 Å². The lowest BCUT2D eigenvalue weighted by atomic mass is 9.99.